The monoisotopic (exact) mass is 247 g/mol. The molecule has 4 heteroatoms. The fraction of sp³-hybridized carbons (Fsp3) is 0.231. The molecule has 0 saturated carbocycles. The first-order chi connectivity index (χ1) is 8.20. The molecule has 1 aromatic carbocycles. The molecule has 0 N–H and O–H groups in total. The van der Waals surface area contributed by atoms with Gasteiger partial charge < -0.3 is 4.74 Å². The van der Waals surface area contributed by atoms with Crippen molar-refractivity contribution in [3.05, 3.63) is 45.4 Å². The zero-order chi connectivity index (χ0) is 12.3. The predicted molar refractivity (Wildman–Crippen MR) is 67.7 cm³/mol. The van der Waals surface area contributed by atoms with Crippen LogP contribution in [-0.4, -0.2) is 11.3 Å². The molecule has 0 unspecified atom stereocenters. The SMILES string of the molecule is Cc1cc(C=O)cc(C)c1OCc1nccs1. The van der Waals surface area contributed by atoms with Gasteiger partial charge in [0.25, 0.3) is 0 Å². The van der Waals surface area contributed by atoms with E-state index in [2.05, 4.69) is 4.98 Å². The summed E-state index contributed by atoms with van der Waals surface area (Å²) in [5, 5.41) is 2.87. The maximum absolute atomic E-state index is 10.7. The number of carbonyl (C=O) groups excluding carboxylic acids is 1. The van der Waals surface area contributed by atoms with Crippen LogP contribution >= 0.6 is 11.3 Å². The van der Waals surface area contributed by atoms with Gasteiger partial charge >= 0.3 is 0 Å². The Kier molecular flexibility index (Phi) is 3.54. The van der Waals surface area contributed by atoms with Crippen molar-refractivity contribution < 1.29 is 9.53 Å². The van der Waals surface area contributed by atoms with Gasteiger partial charge in [0.15, 0.2) is 0 Å². The zero-order valence-electron chi connectivity index (χ0n) is 9.77. The number of hydrogen-bond acceptors (Lipinski definition) is 4. The number of aldehydes is 1. The molecule has 0 aliphatic carbocycles. The van der Waals surface area contributed by atoms with Gasteiger partial charge in [-0.25, -0.2) is 4.98 Å². The summed E-state index contributed by atoms with van der Waals surface area (Å²) in [6, 6.07) is 3.66. The van der Waals surface area contributed by atoms with Gasteiger partial charge in [0.05, 0.1) is 0 Å². The summed E-state index contributed by atoms with van der Waals surface area (Å²) < 4.78 is 5.74. The van der Waals surface area contributed by atoms with Crippen LogP contribution in [0.3, 0.4) is 0 Å². The number of ether oxygens (including phenoxy) is 1. The molecule has 2 aromatic rings. The van der Waals surface area contributed by atoms with Gasteiger partial charge in [0, 0.05) is 17.1 Å². The van der Waals surface area contributed by atoms with E-state index in [-0.39, 0.29) is 0 Å². The molecule has 88 valence electrons. The Morgan fingerprint density at radius 2 is 2.06 bits per heavy atom. The quantitative estimate of drug-likeness (QED) is 0.779. The van der Waals surface area contributed by atoms with Gasteiger partial charge in [-0.1, -0.05) is 0 Å². The average molecular weight is 247 g/mol. The molecule has 0 amide bonds. The summed E-state index contributed by atoms with van der Waals surface area (Å²) in [6.07, 6.45) is 2.61. The Labute approximate surface area is 104 Å². The number of aromatic nitrogens is 1. The summed E-state index contributed by atoms with van der Waals surface area (Å²) in [5.74, 6) is 0.839. The lowest BCUT2D eigenvalue weighted by Gasteiger charge is -2.11. The van der Waals surface area contributed by atoms with Crippen LogP contribution < -0.4 is 4.74 Å². The average Bonchev–Trinajstić information content (AvgIpc) is 2.80. The van der Waals surface area contributed by atoms with Crippen LogP contribution in [-0.2, 0) is 6.61 Å². The minimum atomic E-state index is 0.472. The van der Waals surface area contributed by atoms with E-state index in [0.29, 0.717) is 12.2 Å². The van der Waals surface area contributed by atoms with Crippen molar-refractivity contribution in [1.29, 1.82) is 0 Å². The van der Waals surface area contributed by atoms with E-state index in [1.807, 2.05) is 31.4 Å². The van der Waals surface area contributed by atoms with Crippen LogP contribution in [0.5, 0.6) is 5.75 Å². The molecule has 0 saturated heterocycles. The first-order valence-electron chi connectivity index (χ1n) is 5.28. The molecule has 2 rings (SSSR count). The summed E-state index contributed by atoms with van der Waals surface area (Å²) >= 11 is 1.57. The maximum atomic E-state index is 10.7. The summed E-state index contributed by atoms with van der Waals surface area (Å²) in [5.41, 5.74) is 2.63. The Hall–Kier alpha value is -1.68. The van der Waals surface area contributed by atoms with E-state index in [9.17, 15) is 4.79 Å². The van der Waals surface area contributed by atoms with Crippen LogP contribution in [0.2, 0.25) is 0 Å². The lowest BCUT2D eigenvalue weighted by atomic mass is 10.1. The van der Waals surface area contributed by atoms with E-state index in [0.717, 1.165) is 28.2 Å². The molecule has 17 heavy (non-hydrogen) atoms. The predicted octanol–water partition coefficient (Wildman–Crippen LogP) is 3.15. The van der Waals surface area contributed by atoms with Crippen LogP contribution in [0.1, 0.15) is 26.5 Å². The van der Waals surface area contributed by atoms with E-state index in [1.54, 1.807) is 17.5 Å². The summed E-state index contributed by atoms with van der Waals surface area (Å²) in [6.45, 7) is 4.36. The first-order valence-corrected chi connectivity index (χ1v) is 6.16. The zero-order valence-corrected chi connectivity index (χ0v) is 10.6. The Balaban J connectivity index is 2.18. The number of thiazole rings is 1. The molecule has 1 aromatic heterocycles. The van der Waals surface area contributed by atoms with Gasteiger partial charge in [-0.05, 0) is 37.1 Å². The highest BCUT2D eigenvalue weighted by Gasteiger charge is 2.07. The van der Waals surface area contributed by atoms with Crippen LogP contribution in [0.15, 0.2) is 23.7 Å². The first kappa shape index (κ1) is 11.8. The second-order valence-electron chi connectivity index (χ2n) is 3.82. The molecule has 0 fully saturated rings. The number of rotatable bonds is 4. The van der Waals surface area contributed by atoms with E-state index < -0.39 is 0 Å². The highest BCUT2D eigenvalue weighted by molar-refractivity contribution is 7.09. The summed E-state index contributed by atoms with van der Waals surface area (Å²) in [7, 11) is 0. The van der Waals surface area contributed by atoms with Gasteiger partial charge in [0.2, 0.25) is 0 Å². The second kappa shape index (κ2) is 5.10. The minimum absolute atomic E-state index is 0.472. The van der Waals surface area contributed by atoms with Gasteiger partial charge in [-0.2, -0.15) is 0 Å². The number of benzene rings is 1. The normalized spacial score (nSPS) is 10.2. The van der Waals surface area contributed by atoms with E-state index in [1.165, 1.54) is 0 Å². The third-order valence-corrected chi connectivity index (χ3v) is 3.20. The number of hydrogen-bond donors (Lipinski definition) is 0. The fourth-order valence-electron chi connectivity index (χ4n) is 1.74. The number of carbonyl (C=O) groups is 1. The topological polar surface area (TPSA) is 39.2 Å². The highest BCUT2D eigenvalue weighted by Crippen LogP contribution is 2.25. The van der Waals surface area contributed by atoms with Crippen molar-refractivity contribution in [3.8, 4) is 5.75 Å². The van der Waals surface area contributed by atoms with Gasteiger partial charge in [0.1, 0.15) is 23.7 Å². The van der Waals surface area contributed by atoms with Gasteiger partial charge in [-0.15, -0.1) is 11.3 Å². The lowest BCUT2D eigenvalue weighted by Crippen LogP contribution is -1.99. The molecule has 0 spiro atoms. The van der Waals surface area contributed by atoms with Crippen molar-refractivity contribution in [2.75, 3.05) is 0 Å². The third-order valence-electron chi connectivity index (χ3n) is 2.44. The minimum Gasteiger partial charge on any atom is -0.486 e. The molecule has 3 nitrogen and oxygen atoms in total. The van der Waals surface area contributed by atoms with E-state index >= 15 is 0 Å². The van der Waals surface area contributed by atoms with Crippen molar-refractivity contribution in [2.45, 2.75) is 20.5 Å². The number of aryl methyl sites for hydroxylation is 2. The smallest absolute Gasteiger partial charge is 0.150 e. The molecule has 0 radical (unpaired) electrons. The Morgan fingerprint density at radius 3 is 2.59 bits per heavy atom. The Morgan fingerprint density at radius 1 is 1.35 bits per heavy atom. The van der Waals surface area contributed by atoms with Crippen molar-refractivity contribution in [3.63, 3.8) is 0 Å². The molecule has 0 bridgehead atoms. The van der Waals surface area contributed by atoms with Gasteiger partial charge in [-0.3, -0.25) is 4.79 Å². The maximum Gasteiger partial charge on any atom is 0.150 e. The standard InChI is InChI=1S/C13H13NO2S/c1-9-5-11(7-15)6-10(2)13(9)16-8-12-14-3-4-17-12/h3-7H,8H2,1-2H3. The van der Waals surface area contributed by atoms with Crippen molar-refractivity contribution >= 4 is 17.6 Å². The molecular weight excluding hydrogens is 234 g/mol. The fourth-order valence-corrected chi connectivity index (χ4v) is 2.27. The second-order valence-corrected chi connectivity index (χ2v) is 4.80. The molecular formula is C13H13NO2S. The molecule has 1 heterocycles. The summed E-state index contributed by atoms with van der Waals surface area (Å²) in [4.78, 5) is 14.9. The largest absolute Gasteiger partial charge is 0.486 e. The molecule has 0 aliphatic rings. The number of nitrogens with zero attached hydrogens (tertiary/aromatic N) is 1. The lowest BCUT2D eigenvalue weighted by molar-refractivity contribution is 0.112. The van der Waals surface area contributed by atoms with Crippen LogP contribution in [0.25, 0.3) is 0 Å². The molecule has 0 atom stereocenters. The van der Waals surface area contributed by atoms with Crippen molar-refractivity contribution in [1.82, 2.24) is 4.98 Å². The van der Waals surface area contributed by atoms with Crippen molar-refractivity contribution in [2.24, 2.45) is 0 Å². The van der Waals surface area contributed by atoms with Crippen LogP contribution in [0.4, 0.5) is 0 Å². The third kappa shape index (κ3) is 2.71. The Bertz CT molecular complexity index is 497. The highest BCUT2D eigenvalue weighted by atomic mass is 32.1. The van der Waals surface area contributed by atoms with E-state index in [4.69, 9.17) is 4.74 Å². The molecule has 0 aliphatic heterocycles. The van der Waals surface area contributed by atoms with Crippen LogP contribution in [0, 0.1) is 13.8 Å².